The van der Waals surface area contributed by atoms with Gasteiger partial charge in [0.25, 0.3) is 0 Å². The van der Waals surface area contributed by atoms with Gasteiger partial charge in [0.1, 0.15) is 0 Å². The molecule has 10 heteroatoms. The van der Waals surface area contributed by atoms with E-state index in [1.54, 1.807) is 0 Å². The zero-order valence-electron chi connectivity index (χ0n) is 10.4. The van der Waals surface area contributed by atoms with Crippen molar-refractivity contribution in [1.82, 2.24) is 15.2 Å². The maximum absolute atomic E-state index is 12.5. The molecule has 6 nitrogen and oxygen atoms in total. The second kappa shape index (κ2) is 6.04. The first-order valence-corrected chi connectivity index (χ1v) is 6.61. The number of anilines is 2. The fourth-order valence-corrected chi connectivity index (χ4v) is 2.03. The van der Waals surface area contributed by atoms with Gasteiger partial charge in [0.2, 0.25) is 17.0 Å². The van der Waals surface area contributed by atoms with Gasteiger partial charge in [0, 0.05) is 5.69 Å². The van der Waals surface area contributed by atoms with E-state index in [1.165, 1.54) is 12.1 Å². The van der Waals surface area contributed by atoms with Gasteiger partial charge >= 0.3 is 6.18 Å². The Kier molecular flexibility index (Phi) is 4.36. The molecular weight excluding hydrogens is 307 g/mol. The number of aromatic nitrogens is 3. The Labute approximate surface area is 121 Å². The van der Waals surface area contributed by atoms with Crippen molar-refractivity contribution in [2.75, 3.05) is 16.8 Å². The van der Waals surface area contributed by atoms with Crippen molar-refractivity contribution in [2.45, 2.75) is 11.3 Å². The summed E-state index contributed by atoms with van der Waals surface area (Å²) in [6.45, 7) is 0. The van der Waals surface area contributed by atoms with E-state index in [0.717, 1.165) is 23.9 Å². The van der Waals surface area contributed by atoms with Gasteiger partial charge in [-0.25, -0.2) is 5.10 Å². The molecule has 1 aromatic heterocycles. The van der Waals surface area contributed by atoms with Gasteiger partial charge in [-0.2, -0.15) is 18.2 Å². The molecule has 0 radical (unpaired) electrons. The minimum atomic E-state index is -4.45. The van der Waals surface area contributed by atoms with Crippen molar-refractivity contribution in [2.24, 2.45) is 0 Å². The number of carbonyl (C=O) groups is 1. The summed E-state index contributed by atoms with van der Waals surface area (Å²) in [5.41, 5.74) is 4.57. The van der Waals surface area contributed by atoms with Crippen LogP contribution < -0.4 is 11.1 Å². The third-order valence-corrected chi connectivity index (χ3v) is 3.14. The van der Waals surface area contributed by atoms with Gasteiger partial charge in [0.15, 0.2) is 0 Å². The average Bonchev–Trinajstić information content (AvgIpc) is 2.82. The lowest BCUT2D eigenvalue weighted by Crippen LogP contribution is -2.15. The van der Waals surface area contributed by atoms with E-state index in [0.29, 0.717) is 0 Å². The summed E-state index contributed by atoms with van der Waals surface area (Å²) in [5, 5.41) is 8.78. The predicted molar refractivity (Wildman–Crippen MR) is 71.6 cm³/mol. The molecule has 0 atom stereocenters. The summed E-state index contributed by atoms with van der Waals surface area (Å²) in [5.74, 6) is -0.397. The Hall–Kier alpha value is -2.23. The molecule has 0 aliphatic heterocycles. The van der Waals surface area contributed by atoms with Crippen molar-refractivity contribution in [3.05, 3.63) is 29.8 Å². The first kappa shape index (κ1) is 15.2. The standard InChI is InChI=1S/C11H10F3N5OS/c12-11(13,14)6-2-1-3-7(4-6)16-8(20)5-21-10-17-9(15)18-19-10/h1-4H,5H2,(H,16,20)(H3,15,17,18,19). The number of aromatic amines is 1. The quantitative estimate of drug-likeness (QED) is 0.751. The molecule has 0 aliphatic carbocycles. The number of rotatable bonds is 4. The number of nitrogens with zero attached hydrogens (tertiary/aromatic N) is 2. The molecule has 0 saturated carbocycles. The van der Waals surface area contributed by atoms with Crippen LogP contribution in [0, 0.1) is 0 Å². The highest BCUT2D eigenvalue weighted by Crippen LogP contribution is 2.30. The molecule has 4 N–H and O–H groups in total. The molecule has 0 fully saturated rings. The van der Waals surface area contributed by atoms with Gasteiger partial charge in [-0.1, -0.05) is 17.8 Å². The molecule has 21 heavy (non-hydrogen) atoms. The van der Waals surface area contributed by atoms with Crippen LogP contribution in [0.15, 0.2) is 29.4 Å². The van der Waals surface area contributed by atoms with E-state index in [-0.39, 0.29) is 22.5 Å². The number of thioether (sulfide) groups is 1. The second-order valence-electron chi connectivity index (χ2n) is 3.92. The van der Waals surface area contributed by atoms with Crippen LogP contribution in [0.3, 0.4) is 0 Å². The molecule has 0 saturated heterocycles. The number of benzene rings is 1. The topological polar surface area (TPSA) is 96.7 Å². The SMILES string of the molecule is Nc1nc(SCC(=O)Nc2cccc(C(F)(F)F)c2)n[nH]1. The normalized spacial score (nSPS) is 11.4. The van der Waals surface area contributed by atoms with Crippen LogP contribution in [-0.4, -0.2) is 26.8 Å². The monoisotopic (exact) mass is 317 g/mol. The zero-order chi connectivity index (χ0) is 15.5. The number of carbonyl (C=O) groups excluding carboxylic acids is 1. The maximum Gasteiger partial charge on any atom is 0.416 e. The van der Waals surface area contributed by atoms with Gasteiger partial charge in [0.05, 0.1) is 11.3 Å². The van der Waals surface area contributed by atoms with Gasteiger partial charge in [-0.05, 0) is 18.2 Å². The Bertz CT molecular complexity index is 643. The van der Waals surface area contributed by atoms with E-state index < -0.39 is 17.6 Å². The summed E-state index contributed by atoms with van der Waals surface area (Å²) >= 11 is 1.01. The largest absolute Gasteiger partial charge is 0.416 e. The molecule has 0 bridgehead atoms. The van der Waals surface area contributed by atoms with Gasteiger partial charge < -0.3 is 11.1 Å². The predicted octanol–water partition coefficient (Wildman–Crippen LogP) is 2.14. The van der Waals surface area contributed by atoms with Crippen LogP contribution in [0.2, 0.25) is 0 Å². The van der Waals surface area contributed by atoms with E-state index in [9.17, 15) is 18.0 Å². The Morgan fingerprint density at radius 1 is 1.43 bits per heavy atom. The average molecular weight is 317 g/mol. The van der Waals surface area contributed by atoms with E-state index in [4.69, 9.17) is 5.73 Å². The zero-order valence-corrected chi connectivity index (χ0v) is 11.3. The number of nitrogen functional groups attached to an aromatic ring is 1. The highest BCUT2D eigenvalue weighted by Gasteiger charge is 2.30. The molecule has 1 amide bonds. The van der Waals surface area contributed by atoms with E-state index in [2.05, 4.69) is 20.5 Å². The number of alkyl halides is 3. The summed E-state index contributed by atoms with van der Waals surface area (Å²) < 4.78 is 37.6. The summed E-state index contributed by atoms with van der Waals surface area (Å²) in [7, 11) is 0. The number of nitrogens with one attached hydrogen (secondary N) is 2. The van der Waals surface area contributed by atoms with Crippen LogP contribution in [0.4, 0.5) is 24.8 Å². The van der Waals surface area contributed by atoms with Gasteiger partial charge in [-0.3, -0.25) is 4.79 Å². The van der Waals surface area contributed by atoms with Crippen molar-refractivity contribution in [3.8, 4) is 0 Å². The minimum Gasteiger partial charge on any atom is -0.368 e. The molecule has 0 spiro atoms. The Balaban J connectivity index is 1.93. The molecule has 2 aromatic rings. The smallest absolute Gasteiger partial charge is 0.368 e. The lowest BCUT2D eigenvalue weighted by Gasteiger charge is -2.09. The number of H-pyrrole nitrogens is 1. The van der Waals surface area contributed by atoms with Crippen molar-refractivity contribution < 1.29 is 18.0 Å². The first-order chi connectivity index (χ1) is 9.84. The fraction of sp³-hybridized carbons (Fsp3) is 0.182. The van der Waals surface area contributed by atoms with Crippen LogP contribution in [0.5, 0.6) is 0 Å². The van der Waals surface area contributed by atoms with Crippen LogP contribution in [0.25, 0.3) is 0 Å². The molecule has 2 rings (SSSR count). The number of halogens is 3. The van der Waals surface area contributed by atoms with E-state index in [1.807, 2.05) is 0 Å². The molecule has 0 unspecified atom stereocenters. The maximum atomic E-state index is 12.5. The fourth-order valence-electron chi connectivity index (χ4n) is 1.42. The third kappa shape index (κ3) is 4.38. The number of hydrogen-bond acceptors (Lipinski definition) is 5. The number of amides is 1. The third-order valence-electron chi connectivity index (χ3n) is 2.29. The molecule has 0 aliphatic rings. The van der Waals surface area contributed by atoms with E-state index >= 15 is 0 Å². The molecular formula is C11H10F3N5OS. The van der Waals surface area contributed by atoms with Crippen LogP contribution in [0.1, 0.15) is 5.56 Å². The lowest BCUT2D eigenvalue weighted by atomic mass is 10.2. The summed E-state index contributed by atoms with van der Waals surface area (Å²) in [6.07, 6.45) is -4.45. The summed E-state index contributed by atoms with van der Waals surface area (Å²) in [6, 6.07) is 4.40. The Morgan fingerprint density at radius 2 is 2.19 bits per heavy atom. The molecule has 112 valence electrons. The summed E-state index contributed by atoms with van der Waals surface area (Å²) in [4.78, 5) is 15.4. The molecule has 1 aromatic carbocycles. The first-order valence-electron chi connectivity index (χ1n) is 5.62. The van der Waals surface area contributed by atoms with Crippen molar-refractivity contribution in [1.29, 1.82) is 0 Å². The van der Waals surface area contributed by atoms with Crippen molar-refractivity contribution >= 4 is 29.3 Å². The van der Waals surface area contributed by atoms with Gasteiger partial charge in [-0.15, -0.1) is 5.10 Å². The number of nitrogens with two attached hydrogens (primary N) is 1. The number of hydrogen-bond donors (Lipinski definition) is 3. The highest BCUT2D eigenvalue weighted by molar-refractivity contribution is 7.99. The Morgan fingerprint density at radius 3 is 2.81 bits per heavy atom. The van der Waals surface area contributed by atoms with Crippen LogP contribution >= 0.6 is 11.8 Å². The highest BCUT2D eigenvalue weighted by atomic mass is 32.2. The lowest BCUT2D eigenvalue weighted by molar-refractivity contribution is -0.137. The van der Waals surface area contributed by atoms with Crippen LogP contribution in [-0.2, 0) is 11.0 Å². The second-order valence-corrected chi connectivity index (χ2v) is 4.86. The van der Waals surface area contributed by atoms with Crippen molar-refractivity contribution in [3.63, 3.8) is 0 Å². The molecule has 1 heterocycles. The minimum absolute atomic E-state index is 0.0481.